The van der Waals surface area contributed by atoms with Gasteiger partial charge in [-0.1, -0.05) is 58.4 Å². The van der Waals surface area contributed by atoms with E-state index in [9.17, 15) is 4.79 Å². The summed E-state index contributed by atoms with van der Waals surface area (Å²) in [4.78, 5) is 18.0. The highest BCUT2D eigenvalue weighted by atomic mass is 79.9. The van der Waals surface area contributed by atoms with Gasteiger partial charge in [-0.05, 0) is 48.0 Å². The minimum atomic E-state index is -0.135. The van der Waals surface area contributed by atoms with Gasteiger partial charge < -0.3 is 4.74 Å². The van der Waals surface area contributed by atoms with Gasteiger partial charge in [-0.2, -0.15) is 0 Å². The molecule has 0 aliphatic heterocycles. The molecule has 0 bridgehead atoms. The smallest absolute Gasteiger partial charge is 0.266 e. The molecule has 4 aromatic rings. The summed E-state index contributed by atoms with van der Waals surface area (Å²) in [7, 11) is 1.59. The van der Waals surface area contributed by atoms with Gasteiger partial charge in [-0.15, -0.1) is 0 Å². The lowest BCUT2D eigenvalue weighted by Crippen LogP contribution is -2.22. The number of nitrogens with zero attached hydrogens (tertiary/aromatic N) is 2. The molecule has 0 aliphatic rings. The van der Waals surface area contributed by atoms with Crippen LogP contribution < -0.4 is 10.3 Å². The van der Waals surface area contributed by atoms with Crippen molar-refractivity contribution in [2.75, 3.05) is 7.11 Å². The van der Waals surface area contributed by atoms with E-state index in [1.807, 2.05) is 78.9 Å². The van der Waals surface area contributed by atoms with E-state index < -0.39 is 0 Å². The quantitative estimate of drug-likeness (QED) is 0.437. The highest BCUT2D eigenvalue weighted by molar-refractivity contribution is 9.10. The number of aromatic nitrogens is 2. The van der Waals surface area contributed by atoms with Crippen molar-refractivity contribution >= 4 is 39.0 Å². The summed E-state index contributed by atoms with van der Waals surface area (Å²) in [6, 6.07) is 22.7. The number of fused-ring (bicyclic) bond motifs is 1. The summed E-state index contributed by atoms with van der Waals surface area (Å²) >= 11 is 3.48. The van der Waals surface area contributed by atoms with Crippen molar-refractivity contribution in [3.8, 4) is 11.4 Å². The standard InChI is InChI=1S/C23H17BrN2O2/c1-28-21-12-5-4-11-20(21)26-22(14-13-16-7-6-8-17(24)15-16)25-19-10-3-2-9-18(19)23(26)27/h2-15H,1H3. The van der Waals surface area contributed by atoms with Gasteiger partial charge in [0, 0.05) is 4.47 Å². The molecule has 28 heavy (non-hydrogen) atoms. The van der Waals surface area contributed by atoms with Gasteiger partial charge in [0.15, 0.2) is 0 Å². The fourth-order valence-corrected chi connectivity index (χ4v) is 3.51. The lowest BCUT2D eigenvalue weighted by atomic mass is 10.2. The number of hydrogen-bond donors (Lipinski definition) is 0. The van der Waals surface area contributed by atoms with Crippen LogP contribution in [-0.2, 0) is 0 Å². The lowest BCUT2D eigenvalue weighted by Gasteiger charge is -2.14. The molecule has 1 heterocycles. The van der Waals surface area contributed by atoms with Gasteiger partial charge in [0.1, 0.15) is 11.6 Å². The van der Waals surface area contributed by atoms with E-state index in [1.54, 1.807) is 17.7 Å². The second-order valence-corrected chi connectivity index (χ2v) is 7.10. The lowest BCUT2D eigenvalue weighted by molar-refractivity contribution is 0.412. The van der Waals surface area contributed by atoms with Crippen LogP contribution in [0.5, 0.6) is 5.75 Å². The topological polar surface area (TPSA) is 44.1 Å². The van der Waals surface area contributed by atoms with Crippen LogP contribution in [0.1, 0.15) is 11.4 Å². The van der Waals surface area contributed by atoms with Gasteiger partial charge in [-0.3, -0.25) is 9.36 Å². The molecule has 0 amide bonds. The molecule has 0 spiro atoms. The summed E-state index contributed by atoms with van der Waals surface area (Å²) in [5.74, 6) is 1.15. The predicted molar refractivity (Wildman–Crippen MR) is 117 cm³/mol. The third-order valence-electron chi connectivity index (χ3n) is 4.40. The normalized spacial score (nSPS) is 11.2. The Balaban J connectivity index is 1.97. The molecule has 0 aliphatic carbocycles. The molecule has 3 aromatic carbocycles. The van der Waals surface area contributed by atoms with Crippen LogP contribution in [0.15, 0.2) is 82.1 Å². The maximum absolute atomic E-state index is 13.3. The minimum Gasteiger partial charge on any atom is -0.495 e. The number of methoxy groups -OCH3 is 1. The molecule has 4 rings (SSSR count). The molecule has 0 saturated carbocycles. The Bertz CT molecular complexity index is 1240. The number of para-hydroxylation sites is 3. The molecule has 1 aromatic heterocycles. The monoisotopic (exact) mass is 432 g/mol. The van der Waals surface area contributed by atoms with Crippen LogP contribution in [0.25, 0.3) is 28.7 Å². The van der Waals surface area contributed by atoms with Crippen molar-refractivity contribution in [3.63, 3.8) is 0 Å². The Kier molecular flexibility index (Phi) is 5.08. The fraction of sp³-hybridized carbons (Fsp3) is 0.0435. The molecule has 5 heteroatoms. The van der Waals surface area contributed by atoms with Crippen molar-refractivity contribution in [1.82, 2.24) is 9.55 Å². The predicted octanol–water partition coefficient (Wildman–Crippen LogP) is 5.33. The largest absolute Gasteiger partial charge is 0.495 e. The molecular formula is C23H17BrN2O2. The molecule has 4 nitrogen and oxygen atoms in total. The van der Waals surface area contributed by atoms with Crippen LogP contribution >= 0.6 is 15.9 Å². The first-order valence-corrected chi connectivity index (χ1v) is 9.55. The third-order valence-corrected chi connectivity index (χ3v) is 4.89. The average Bonchev–Trinajstić information content (AvgIpc) is 2.72. The van der Waals surface area contributed by atoms with Crippen molar-refractivity contribution in [1.29, 1.82) is 0 Å². The third kappa shape index (κ3) is 3.49. The summed E-state index contributed by atoms with van der Waals surface area (Å²) in [6.45, 7) is 0. The molecule has 0 atom stereocenters. The van der Waals surface area contributed by atoms with Gasteiger partial charge in [0.05, 0.1) is 23.7 Å². The van der Waals surface area contributed by atoms with Crippen molar-refractivity contribution in [3.05, 3.63) is 99.0 Å². The molecule has 0 radical (unpaired) electrons. The Morgan fingerprint density at radius 3 is 2.57 bits per heavy atom. The maximum atomic E-state index is 13.3. The Morgan fingerprint density at radius 1 is 0.964 bits per heavy atom. The summed E-state index contributed by atoms with van der Waals surface area (Å²) < 4.78 is 8.06. The highest BCUT2D eigenvalue weighted by Crippen LogP contribution is 2.24. The van der Waals surface area contributed by atoms with E-state index in [1.165, 1.54) is 0 Å². The Hall–Kier alpha value is -3.18. The zero-order valence-electron chi connectivity index (χ0n) is 15.2. The van der Waals surface area contributed by atoms with Crippen LogP contribution in [0.2, 0.25) is 0 Å². The second-order valence-electron chi connectivity index (χ2n) is 6.19. The first kappa shape index (κ1) is 18.2. The number of hydrogen-bond acceptors (Lipinski definition) is 3. The average molecular weight is 433 g/mol. The van der Waals surface area contributed by atoms with E-state index in [4.69, 9.17) is 9.72 Å². The molecule has 0 unspecified atom stereocenters. The van der Waals surface area contributed by atoms with Crippen LogP contribution in [0.3, 0.4) is 0 Å². The number of ether oxygens (including phenoxy) is 1. The van der Waals surface area contributed by atoms with Crippen molar-refractivity contribution in [2.45, 2.75) is 0 Å². The van der Waals surface area contributed by atoms with Gasteiger partial charge >= 0.3 is 0 Å². The molecule has 0 N–H and O–H groups in total. The maximum Gasteiger partial charge on any atom is 0.266 e. The van der Waals surface area contributed by atoms with Gasteiger partial charge in [0.25, 0.3) is 5.56 Å². The summed E-state index contributed by atoms with van der Waals surface area (Å²) in [6.07, 6.45) is 3.79. The molecule has 0 fully saturated rings. The van der Waals surface area contributed by atoms with E-state index in [0.717, 1.165) is 10.0 Å². The van der Waals surface area contributed by atoms with E-state index in [0.29, 0.717) is 28.2 Å². The number of benzene rings is 3. The minimum absolute atomic E-state index is 0.135. The zero-order valence-corrected chi connectivity index (χ0v) is 16.8. The van der Waals surface area contributed by atoms with Crippen LogP contribution in [-0.4, -0.2) is 16.7 Å². The molecular weight excluding hydrogens is 416 g/mol. The number of halogens is 1. The zero-order chi connectivity index (χ0) is 19.5. The Morgan fingerprint density at radius 2 is 1.75 bits per heavy atom. The molecule has 0 saturated heterocycles. The number of rotatable bonds is 4. The van der Waals surface area contributed by atoms with E-state index >= 15 is 0 Å². The fourth-order valence-electron chi connectivity index (χ4n) is 3.09. The van der Waals surface area contributed by atoms with Gasteiger partial charge in [0.2, 0.25) is 0 Å². The van der Waals surface area contributed by atoms with Crippen molar-refractivity contribution < 1.29 is 4.74 Å². The van der Waals surface area contributed by atoms with Gasteiger partial charge in [-0.25, -0.2) is 4.98 Å². The van der Waals surface area contributed by atoms with E-state index in [2.05, 4.69) is 15.9 Å². The summed E-state index contributed by atoms with van der Waals surface area (Å²) in [5, 5.41) is 0.563. The molecule has 138 valence electrons. The van der Waals surface area contributed by atoms with Crippen molar-refractivity contribution in [2.24, 2.45) is 0 Å². The first-order chi connectivity index (χ1) is 13.7. The second kappa shape index (κ2) is 7.82. The van der Waals surface area contributed by atoms with E-state index in [-0.39, 0.29) is 5.56 Å². The van der Waals surface area contributed by atoms with Crippen LogP contribution in [0, 0.1) is 0 Å². The Labute approximate surface area is 170 Å². The first-order valence-electron chi connectivity index (χ1n) is 8.76. The highest BCUT2D eigenvalue weighted by Gasteiger charge is 2.14. The summed E-state index contributed by atoms with van der Waals surface area (Å²) in [5.41, 5.74) is 2.18. The van der Waals surface area contributed by atoms with Crippen LogP contribution in [0.4, 0.5) is 0 Å². The SMILES string of the molecule is COc1ccccc1-n1c(C=Cc2cccc(Br)c2)nc2ccccc2c1=O.